The van der Waals surface area contributed by atoms with Crippen molar-refractivity contribution in [3.63, 3.8) is 0 Å². The highest BCUT2D eigenvalue weighted by Gasteiger charge is 2.17. The van der Waals surface area contributed by atoms with E-state index in [1.807, 2.05) is 30.3 Å². The second-order valence-corrected chi connectivity index (χ2v) is 4.83. The minimum Gasteiger partial charge on any atom is -0.493 e. The molecule has 0 aliphatic heterocycles. The number of methoxy groups -OCH3 is 2. The quantitative estimate of drug-likeness (QED) is 0.522. The van der Waals surface area contributed by atoms with Crippen LogP contribution in [-0.4, -0.2) is 25.1 Å². The van der Waals surface area contributed by atoms with Crippen molar-refractivity contribution in [2.45, 2.75) is 6.92 Å². The van der Waals surface area contributed by atoms with Crippen LogP contribution in [-0.2, 0) is 0 Å². The number of oxime groups is 1. The number of hydrogen-bond donors (Lipinski definition) is 1. The van der Waals surface area contributed by atoms with Crippen LogP contribution in [0.3, 0.4) is 0 Å². The smallest absolute Gasteiger partial charge is 0.168 e. The van der Waals surface area contributed by atoms with E-state index in [1.54, 1.807) is 27.2 Å². The fraction of sp³-hybridized carbons (Fsp3) is 0.188. The van der Waals surface area contributed by atoms with Crippen LogP contribution in [0.15, 0.2) is 41.6 Å². The van der Waals surface area contributed by atoms with E-state index < -0.39 is 0 Å². The van der Waals surface area contributed by atoms with Crippen molar-refractivity contribution in [2.24, 2.45) is 5.16 Å². The Hall–Kier alpha value is -2.20. The predicted molar refractivity (Wildman–Crippen MR) is 84.0 cm³/mol. The van der Waals surface area contributed by atoms with Crippen LogP contribution < -0.4 is 9.47 Å². The second kappa shape index (κ2) is 6.50. The third-order valence-electron chi connectivity index (χ3n) is 3.21. The molecule has 0 spiro atoms. The van der Waals surface area contributed by atoms with Crippen LogP contribution >= 0.6 is 11.6 Å². The minimum atomic E-state index is 0.476. The lowest BCUT2D eigenvalue weighted by Gasteiger charge is -2.16. The highest BCUT2D eigenvalue weighted by atomic mass is 35.5. The molecule has 2 rings (SSSR count). The molecule has 0 radical (unpaired) electrons. The molecule has 0 aromatic heterocycles. The van der Waals surface area contributed by atoms with Gasteiger partial charge in [0.25, 0.3) is 0 Å². The Labute approximate surface area is 128 Å². The zero-order chi connectivity index (χ0) is 15.4. The lowest BCUT2D eigenvalue weighted by Crippen LogP contribution is -2.00. The van der Waals surface area contributed by atoms with Crippen LogP contribution in [0.4, 0.5) is 0 Å². The number of benzene rings is 2. The molecule has 2 aromatic rings. The molecule has 0 heterocycles. The molecule has 0 saturated carbocycles. The lowest BCUT2D eigenvalue weighted by molar-refractivity contribution is 0.319. The van der Waals surface area contributed by atoms with Gasteiger partial charge in [-0.05, 0) is 25.1 Å². The van der Waals surface area contributed by atoms with E-state index in [9.17, 15) is 0 Å². The summed E-state index contributed by atoms with van der Waals surface area (Å²) in [5.41, 5.74) is 2.80. The molecule has 0 saturated heterocycles. The Balaban J connectivity index is 2.76. The van der Waals surface area contributed by atoms with Crippen molar-refractivity contribution in [3.8, 4) is 22.6 Å². The topological polar surface area (TPSA) is 51.0 Å². The van der Waals surface area contributed by atoms with Gasteiger partial charge in [0.2, 0.25) is 0 Å². The van der Waals surface area contributed by atoms with Gasteiger partial charge in [-0.3, -0.25) is 0 Å². The molecule has 21 heavy (non-hydrogen) atoms. The minimum absolute atomic E-state index is 0.476. The molecule has 0 aliphatic carbocycles. The highest BCUT2D eigenvalue weighted by Crippen LogP contribution is 2.41. The van der Waals surface area contributed by atoms with Crippen molar-refractivity contribution in [2.75, 3.05) is 14.2 Å². The maximum atomic E-state index is 8.98. The standard InChI is InChI=1S/C16H16ClNO3/c1-10(18-19)11-8-13(12-6-4-5-7-14(12)17)16(21-3)15(9-11)20-2/h4-9,19H,1-3H3/b18-10+. The largest absolute Gasteiger partial charge is 0.493 e. The molecule has 110 valence electrons. The van der Waals surface area contributed by atoms with Gasteiger partial charge in [0.05, 0.1) is 19.9 Å². The Bertz CT molecular complexity index is 683. The van der Waals surface area contributed by atoms with E-state index in [0.29, 0.717) is 22.2 Å². The first-order valence-electron chi connectivity index (χ1n) is 6.32. The van der Waals surface area contributed by atoms with Crippen molar-refractivity contribution in [3.05, 3.63) is 47.0 Å². The average Bonchev–Trinajstić information content (AvgIpc) is 2.53. The van der Waals surface area contributed by atoms with Crippen molar-refractivity contribution in [1.29, 1.82) is 0 Å². The van der Waals surface area contributed by atoms with Gasteiger partial charge in [-0.2, -0.15) is 0 Å². The van der Waals surface area contributed by atoms with E-state index >= 15 is 0 Å². The van der Waals surface area contributed by atoms with Gasteiger partial charge in [0.1, 0.15) is 0 Å². The molecule has 1 N–H and O–H groups in total. The second-order valence-electron chi connectivity index (χ2n) is 4.42. The van der Waals surface area contributed by atoms with Gasteiger partial charge in [-0.15, -0.1) is 0 Å². The number of rotatable bonds is 4. The fourth-order valence-corrected chi connectivity index (χ4v) is 2.35. The third-order valence-corrected chi connectivity index (χ3v) is 3.54. The Kier molecular flexibility index (Phi) is 4.70. The van der Waals surface area contributed by atoms with Gasteiger partial charge >= 0.3 is 0 Å². The van der Waals surface area contributed by atoms with Gasteiger partial charge in [-0.25, -0.2) is 0 Å². The van der Waals surface area contributed by atoms with Crippen LogP contribution in [0.5, 0.6) is 11.5 Å². The number of hydrogen-bond acceptors (Lipinski definition) is 4. The first kappa shape index (κ1) is 15.2. The summed E-state index contributed by atoms with van der Waals surface area (Å²) in [6, 6.07) is 11.1. The molecule has 0 aliphatic rings. The van der Waals surface area contributed by atoms with Crippen LogP contribution in [0.2, 0.25) is 5.02 Å². The van der Waals surface area contributed by atoms with Crippen molar-refractivity contribution >= 4 is 17.3 Å². The average molecular weight is 306 g/mol. The van der Waals surface area contributed by atoms with E-state index in [2.05, 4.69) is 5.16 Å². The molecule has 0 atom stereocenters. The summed E-state index contributed by atoms with van der Waals surface area (Å²) >= 11 is 6.27. The Morgan fingerprint density at radius 2 is 1.81 bits per heavy atom. The predicted octanol–water partition coefficient (Wildman–Crippen LogP) is 4.22. The van der Waals surface area contributed by atoms with Gasteiger partial charge in [0.15, 0.2) is 11.5 Å². The summed E-state index contributed by atoms with van der Waals surface area (Å²) in [4.78, 5) is 0. The number of ether oxygens (including phenoxy) is 2. The van der Waals surface area contributed by atoms with Crippen molar-refractivity contribution in [1.82, 2.24) is 0 Å². The van der Waals surface area contributed by atoms with E-state index in [-0.39, 0.29) is 0 Å². The first-order chi connectivity index (χ1) is 10.1. The SMILES string of the molecule is COc1cc(/C(C)=N/O)cc(-c2ccccc2Cl)c1OC. The molecular weight excluding hydrogens is 290 g/mol. The van der Waals surface area contributed by atoms with Crippen LogP contribution in [0.1, 0.15) is 12.5 Å². The van der Waals surface area contributed by atoms with Gasteiger partial charge < -0.3 is 14.7 Å². The molecule has 0 amide bonds. The normalized spacial score (nSPS) is 11.3. The summed E-state index contributed by atoms with van der Waals surface area (Å²) in [5, 5.41) is 12.8. The zero-order valence-electron chi connectivity index (χ0n) is 12.1. The highest BCUT2D eigenvalue weighted by molar-refractivity contribution is 6.33. The van der Waals surface area contributed by atoms with Crippen molar-refractivity contribution < 1.29 is 14.7 Å². The Morgan fingerprint density at radius 3 is 2.38 bits per heavy atom. The monoisotopic (exact) mass is 305 g/mol. The molecule has 4 nitrogen and oxygen atoms in total. The number of halogens is 1. The molecule has 2 aromatic carbocycles. The Morgan fingerprint density at radius 1 is 1.10 bits per heavy atom. The van der Waals surface area contributed by atoms with Gasteiger partial charge in [0, 0.05) is 21.7 Å². The summed E-state index contributed by atoms with van der Waals surface area (Å²) in [6.45, 7) is 1.71. The maximum absolute atomic E-state index is 8.98. The molecular formula is C16H16ClNO3. The molecule has 0 unspecified atom stereocenters. The maximum Gasteiger partial charge on any atom is 0.168 e. The van der Waals surface area contributed by atoms with E-state index in [1.165, 1.54) is 0 Å². The fourth-order valence-electron chi connectivity index (χ4n) is 2.11. The number of nitrogens with zero attached hydrogens (tertiary/aromatic N) is 1. The third kappa shape index (κ3) is 2.95. The van der Waals surface area contributed by atoms with E-state index in [0.717, 1.165) is 16.7 Å². The zero-order valence-corrected chi connectivity index (χ0v) is 12.8. The molecule has 0 fully saturated rings. The van der Waals surface area contributed by atoms with Crippen LogP contribution in [0, 0.1) is 0 Å². The van der Waals surface area contributed by atoms with Gasteiger partial charge in [-0.1, -0.05) is 35.0 Å². The van der Waals surface area contributed by atoms with E-state index in [4.69, 9.17) is 26.3 Å². The summed E-state index contributed by atoms with van der Waals surface area (Å²) in [6.07, 6.45) is 0. The summed E-state index contributed by atoms with van der Waals surface area (Å²) in [5.74, 6) is 1.13. The molecule has 0 bridgehead atoms. The summed E-state index contributed by atoms with van der Waals surface area (Å²) < 4.78 is 10.8. The van der Waals surface area contributed by atoms with Crippen LogP contribution in [0.25, 0.3) is 11.1 Å². The summed E-state index contributed by atoms with van der Waals surface area (Å²) in [7, 11) is 3.13. The first-order valence-corrected chi connectivity index (χ1v) is 6.70. The lowest BCUT2D eigenvalue weighted by atomic mass is 9.99. The molecule has 5 heteroatoms.